The Kier molecular flexibility index (Phi) is 3.43. The summed E-state index contributed by atoms with van der Waals surface area (Å²) in [6.45, 7) is 0. The Morgan fingerprint density at radius 2 is 2.50 bits per heavy atom. The highest BCUT2D eigenvalue weighted by Crippen LogP contribution is 2.16. The van der Waals surface area contributed by atoms with Gasteiger partial charge in [-0.25, -0.2) is 4.98 Å². The molecule has 0 aliphatic heterocycles. The lowest BCUT2D eigenvalue weighted by Gasteiger charge is -2.01. The average molecular weight is 211 g/mol. The normalized spacial score (nSPS) is 9.21. The molecule has 0 fully saturated rings. The fourth-order valence-corrected chi connectivity index (χ4v) is 1.10. The third-order valence-electron chi connectivity index (χ3n) is 1.61. The smallest absolute Gasteiger partial charge is 0.310 e. The van der Waals surface area contributed by atoms with Gasteiger partial charge in [-0.15, -0.1) is 0 Å². The number of rotatable bonds is 2. The number of hydrogen-bond donors (Lipinski definition) is 0. The standard InChI is InChI=1S/C9H7ClN2O2/c1-14-9(13)2-6-5-12-7(4-11)3-8(6)10/h3,5H,2H2,1H3. The van der Waals surface area contributed by atoms with Crippen LogP contribution in [0.25, 0.3) is 0 Å². The van der Waals surface area contributed by atoms with E-state index in [1.165, 1.54) is 19.4 Å². The maximum atomic E-state index is 10.9. The van der Waals surface area contributed by atoms with Crippen molar-refractivity contribution in [1.82, 2.24) is 4.98 Å². The van der Waals surface area contributed by atoms with Crippen molar-refractivity contribution in [3.63, 3.8) is 0 Å². The second kappa shape index (κ2) is 4.58. The molecule has 0 saturated heterocycles. The zero-order chi connectivity index (χ0) is 10.6. The fraction of sp³-hybridized carbons (Fsp3) is 0.222. The van der Waals surface area contributed by atoms with E-state index in [1.807, 2.05) is 6.07 Å². The van der Waals surface area contributed by atoms with Crippen LogP contribution in [0.5, 0.6) is 0 Å². The molecule has 1 heterocycles. The Morgan fingerprint density at radius 1 is 1.79 bits per heavy atom. The summed E-state index contributed by atoms with van der Waals surface area (Å²) < 4.78 is 4.48. The Balaban J connectivity index is 2.90. The molecule has 72 valence electrons. The first kappa shape index (κ1) is 10.5. The van der Waals surface area contributed by atoms with Gasteiger partial charge in [0.15, 0.2) is 0 Å². The molecular weight excluding hydrogens is 204 g/mol. The van der Waals surface area contributed by atoms with Gasteiger partial charge in [-0.05, 0) is 6.07 Å². The summed E-state index contributed by atoms with van der Waals surface area (Å²) in [6.07, 6.45) is 1.46. The molecule has 0 aliphatic carbocycles. The number of aromatic nitrogens is 1. The number of halogens is 1. The van der Waals surface area contributed by atoms with E-state index in [0.29, 0.717) is 10.6 Å². The van der Waals surface area contributed by atoms with Crippen LogP contribution in [0, 0.1) is 11.3 Å². The van der Waals surface area contributed by atoms with Gasteiger partial charge in [0.1, 0.15) is 11.8 Å². The summed E-state index contributed by atoms with van der Waals surface area (Å²) in [5, 5.41) is 8.87. The molecule has 0 amide bonds. The lowest BCUT2D eigenvalue weighted by Crippen LogP contribution is -2.05. The van der Waals surface area contributed by atoms with E-state index in [-0.39, 0.29) is 12.1 Å². The van der Waals surface area contributed by atoms with Crippen LogP contribution < -0.4 is 0 Å². The Morgan fingerprint density at radius 3 is 3.00 bits per heavy atom. The van der Waals surface area contributed by atoms with Crippen LogP contribution in [0.3, 0.4) is 0 Å². The predicted molar refractivity (Wildman–Crippen MR) is 49.7 cm³/mol. The first-order chi connectivity index (χ1) is 6.67. The number of pyridine rings is 1. The molecule has 0 unspecified atom stereocenters. The summed E-state index contributed by atoms with van der Waals surface area (Å²) in [6, 6.07) is 3.27. The minimum atomic E-state index is -0.390. The van der Waals surface area contributed by atoms with Gasteiger partial charge in [0.25, 0.3) is 0 Å². The van der Waals surface area contributed by atoms with E-state index >= 15 is 0 Å². The first-order valence-corrected chi connectivity index (χ1v) is 4.16. The van der Waals surface area contributed by atoms with Crippen molar-refractivity contribution in [2.75, 3.05) is 7.11 Å². The molecule has 0 spiro atoms. The van der Waals surface area contributed by atoms with E-state index in [2.05, 4.69) is 9.72 Å². The lowest BCUT2D eigenvalue weighted by atomic mass is 10.2. The molecule has 1 aromatic rings. The van der Waals surface area contributed by atoms with Crippen molar-refractivity contribution in [1.29, 1.82) is 5.26 Å². The highest BCUT2D eigenvalue weighted by atomic mass is 35.5. The third kappa shape index (κ3) is 2.44. The molecule has 1 rings (SSSR count). The second-order valence-corrected chi connectivity index (χ2v) is 2.93. The maximum Gasteiger partial charge on any atom is 0.310 e. The molecule has 0 bridgehead atoms. The quantitative estimate of drug-likeness (QED) is 0.691. The average Bonchev–Trinajstić information content (AvgIpc) is 2.20. The predicted octanol–water partition coefficient (Wildman–Crippen LogP) is 1.32. The van der Waals surface area contributed by atoms with Gasteiger partial charge >= 0.3 is 5.97 Å². The van der Waals surface area contributed by atoms with Crippen LogP contribution >= 0.6 is 11.6 Å². The molecule has 5 heteroatoms. The minimum Gasteiger partial charge on any atom is -0.469 e. The molecule has 14 heavy (non-hydrogen) atoms. The van der Waals surface area contributed by atoms with Gasteiger partial charge in [-0.3, -0.25) is 4.79 Å². The SMILES string of the molecule is COC(=O)Cc1cnc(C#N)cc1Cl. The zero-order valence-electron chi connectivity index (χ0n) is 7.45. The van der Waals surface area contributed by atoms with Crippen molar-refractivity contribution in [3.8, 4) is 6.07 Å². The maximum absolute atomic E-state index is 10.9. The Hall–Kier alpha value is -1.60. The second-order valence-electron chi connectivity index (χ2n) is 2.53. The van der Waals surface area contributed by atoms with Crippen molar-refractivity contribution >= 4 is 17.6 Å². The Bertz CT molecular complexity index is 398. The molecule has 0 N–H and O–H groups in total. The summed E-state index contributed by atoms with van der Waals surface area (Å²) in [4.78, 5) is 14.7. The molecule has 0 saturated carbocycles. The van der Waals surface area contributed by atoms with E-state index in [0.717, 1.165) is 0 Å². The van der Waals surface area contributed by atoms with Gasteiger partial charge in [0.05, 0.1) is 13.5 Å². The fourth-order valence-electron chi connectivity index (χ4n) is 0.878. The Labute approximate surface area is 86.1 Å². The number of ether oxygens (including phenoxy) is 1. The largest absolute Gasteiger partial charge is 0.469 e. The van der Waals surface area contributed by atoms with Crippen LogP contribution in [0.4, 0.5) is 0 Å². The number of nitriles is 1. The third-order valence-corrected chi connectivity index (χ3v) is 1.96. The monoisotopic (exact) mass is 210 g/mol. The molecule has 0 radical (unpaired) electrons. The van der Waals surface area contributed by atoms with E-state index in [4.69, 9.17) is 16.9 Å². The van der Waals surface area contributed by atoms with Gasteiger partial charge in [-0.2, -0.15) is 5.26 Å². The highest BCUT2D eigenvalue weighted by Gasteiger charge is 2.08. The molecular formula is C9H7ClN2O2. The molecule has 4 nitrogen and oxygen atoms in total. The number of carbonyl (C=O) groups is 1. The topological polar surface area (TPSA) is 63.0 Å². The van der Waals surface area contributed by atoms with Crippen LogP contribution in [0.2, 0.25) is 5.02 Å². The first-order valence-electron chi connectivity index (χ1n) is 3.78. The summed E-state index contributed by atoms with van der Waals surface area (Å²) in [5.41, 5.74) is 0.779. The van der Waals surface area contributed by atoms with Crippen molar-refractivity contribution in [2.45, 2.75) is 6.42 Å². The molecule has 0 aromatic carbocycles. The van der Waals surface area contributed by atoms with E-state index in [1.54, 1.807) is 0 Å². The lowest BCUT2D eigenvalue weighted by molar-refractivity contribution is -0.139. The number of hydrogen-bond acceptors (Lipinski definition) is 4. The van der Waals surface area contributed by atoms with Crippen molar-refractivity contribution in [3.05, 3.63) is 28.5 Å². The van der Waals surface area contributed by atoms with Gasteiger partial charge in [0.2, 0.25) is 0 Å². The number of esters is 1. The van der Waals surface area contributed by atoms with Crippen molar-refractivity contribution in [2.24, 2.45) is 0 Å². The number of carbonyl (C=O) groups excluding carboxylic acids is 1. The van der Waals surface area contributed by atoms with Gasteiger partial charge < -0.3 is 4.74 Å². The summed E-state index contributed by atoms with van der Waals surface area (Å²) in [5.74, 6) is -0.390. The number of methoxy groups -OCH3 is 1. The molecule has 0 atom stereocenters. The van der Waals surface area contributed by atoms with Gasteiger partial charge in [-0.1, -0.05) is 11.6 Å². The minimum absolute atomic E-state index is 0.0635. The van der Waals surface area contributed by atoms with Gasteiger partial charge in [0, 0.05) is 16.8 Å². The van der Waals surface area contributed by atoms with Crippen LogP contribution in [0.1, 0.15) is 11.3 Å². The van der Waals surface area contributed by atoms with Crippen LogP contribution in [-0.4, -0.2) is 18.1 Å². The molecule has 0 aliphatic rings. The van der Waals surface area contributed by atoms with E-state index < -0.39 is 5.97 Å². The zero-order valence-corrected chi connectivity index (χ0v) is 8.21. The van der Waals surface area contributed by atoms with Crippen LogP contribution in [0.15, 0.2) is 12.3 Å². The molecule has 1 aromatic heterocycles. The highest BCUT2D eigenvalue weighted by molar-refractivity contribution is 6.31. The van der Waals surface area contributed by atoms with Crippen molar-refractivity contribution < 1.29 is 9.53 Å². The van der Waals surface area contributed by atoms with Crippen LogP contribution in [-0.2, 0) is 16.0 Å². The summed E-state index contributed by atoms with van der Waals surface area (Å²) in [7, 11) is 1.30. The van der Waals surface area contributed by atoms with E-state index in [9.17, 15) is 4.79 Å². The summed E-state index contributed by atoms with van der Waals surface area (Å²) >= 11 is 5.81. The number of nitrogens with zero attached hydrogens (tertiary/aromatic N) is 2.